The molecule has 29 heavy (non-hydrogen) atoms. The van der Waals surface area contributed by atoms with Crippen LogP contribution in [0.1, 0.15) is 29.5 Å². The molecule has 2 aromatic rings. The van der Waals surface area contributed by atoms with E-state index >= 15 is 0 Å². The zero-order valence-electron chi connectivity index (χ0n) is 16.7. The van der Waals surface area contributed by atoms with E-state index in [-0.39, 0.29) is 17.9 Å². The van der Waals surface area contributed by atoms with Crippen molar-refractivity contribution in [2.75, 3.05) is 13.7 Å². The molecule has 6 nitrogen and oxygen atoms in total. The highest BCUT2D eigenvalue weighted by Crippen LogP contribution is 2.23. The molecule has 152 valence electrons. The Labute approximate surface area is 171 Å². The molecule has 0 bridgehead atoms. The SMILES string of the molecule is COc1ccccc1CNC(=O)C1CCCN1C(=O)C1Cc2ccccc2CN1. The van der Waals surface area contributed by atoms with E-state index in [0.29, 0.717) is 32.5 Å². The van der Waals surface area contributed by atoms with Crippen molar-refractivity contribution in [3.05, 3.63) is 65.2 Å². The topological polar surface area (TPSA) is 70.7 Å². The maximum Gasteiger partial charge on any atom is 0.243 e. The van der Waals surface area contributed by atoms with Crippen LogP contribution < -0.4 is 15.4 Å². The summed E-state index contributed by atoms with van der Waals surface area (Å²) in [7, 11) is 1.62. The van der Waals surface area contributed by atoms with Gasteiger partial charge in [0.15, 0.2) is 0 Å². The fourth-order valence-corrected chi connectivity index (χ4v) is 4.28. The quantitative estimate of drug-likeness (QED) is 0.815. The molecule has 6 heteroatoms. The number of hydrogen-bond donors (Lipinski definition) is 2. The zero-order chi connectivity index (χ0) is 20.2. The fraction of sp³-hybridized carbons (Fsp3) is 0.391. The molecule has 0 aromatic heterocycles. The second kappa shape index (κ2) is 8.66. The maximum absolute atomic E-state index is 13.2. The molecule has 2 heterocycles. The Balaban J connectivity index is 1.39. The van der Waals surface area contributed by atoms with E-state index in [1.165, 1.54) is 11.1 Å². The third kappa shape index (κ3) is 4.12. The van der Waals surface area contributed by atoms with Gasteiger partial charge >= 0.3 is 0 Å². The Morgan fingerprint density at radius 2 is 1.90 bits per heavy atom. The number of amides is 2. The van der Waals surface area contributed by atoms with Gasteiger partial charge in [0.25, 0.3) is 0 Å². The number of para-hydroxylation sites is 1. The first-order valence-corrected chi connectivity index (χ1v) is 10.2. The molecular weight excluding hydrogens is 366 g/mol. The van der Waals surface area contributed by atoms with Gasteiger partial charge in [-0.3, -0.25) is 9.59 Å². The maximum atomic E-state index is 13.2. The first kappa shape index (κ1) is 19.5. The lowest BCUT2D eigenvalue weighted by atomic mass is 9.95. The largest absolute Gasteiger partial charge is 0.496 e. The lowest BCUT2D eigenvalue weighted by molar-refractivity contribution is -0.140. The summed E-state index contributed by atoms with van der Waals surface area (Å²) in [6.45, 7) is 1.70. The minimum absolute atomic E-state index is 0.0226. The predicted molar refractivity (Wildman–Crippen MR) is 110 cm³/mol. The third-order valence-electron chi connectivity index (χ3n) is 5.86. The van der Waals surface area contributed by atoms with Crippen molar-refractivity contribution < 1.29 is 14.3 Å². The van der Waals surface area contributed by atoms with E-state index in [4.69, 9.17) is 4.74 Å². The first-order valence-electron chi connectivity index (χ1n) is 10.2. The fourth-order valence-electron chi connectivity index (χ4n) is 4.28. The van der Waals surface area contributed by atoms with Crippen LogP contribution in [0.15, 0.2) is 48.5 Å². The summed E-state index contributed by atoms with van der Waals surface area (Å²) in [6, 6.07) is 15.1. The van der Waals surface area contributed by atoms with Gasteiger partial charge < -0.3 is 20.3 Å². The third-order valence-corrected chi connectivity index (χ3v) is 5.86. The number of fused-ring (bicyclic) bond motifs is 1. The van der Waals surface area contributed by atoms with E-state index < -0.39 is 6.04 Å². The van der Waals surface area contributed by atoms with Gasteiger partial charge in [0.1, 0.15) is 11.8 Å². The molecule has 2 atom stereocenters. The lowest BCUT2D eigenvalue weighted by Gasteiger charge is -2.31. The molecule has 0 saturated carbocycles. The monoisotopic (exact) mass is 393 g/mol. The van der Waals surface area contributed by atoms with Gasteiger partial charge in [-0.2, -0.15) is 0 Å². The Morgan fingerprint density at radius 3 is 2.72 bits per heavy atom. The van der Waals surface area contributed by atoms with Gasteiger partial charge in [-0.05, 0) is 36.5 Å². The average molecular weight is 393 g/mol. The van der Waals surface area contributed by atoms with Gasteiger partial charge in [0.2, 0.25) is 11.8 Å². The van der Waals surface area contributed by atoms with Crippen molar-refractivity contribution in [2.24, 2.45) is 0 Å². The molecule has 0 spiro atoms. The normalized spacial score (nSPS) is 20.8. The molecule has 0 aliphatic carbocycles. The number of ether oxygens (including phenoxy) is 1. The second-order valence-electron chi connectivity index (χ2n) is 7.63. The molecule has 2 aliphatic rings. The van der Waals surface area contributed by atoms with Crippen molar-refractivity contribution in [1.82, 2.24) is 15.5 Å². The van der Waals surface area contributed by atoms with Crippen LogP contribution in [-0.4, -0.2) is 42.5 Å². The Hall–Kier alpha value is -2.86. The molecule has 2 N–H and O–H groups in total. The lowest BCUT2D eigenvalue weighted by Crippen LogP contribution is -2.54. The molecule has 4 rings (SSSR count). The van der Waals surface area contributed by atoms with E-state index in [0.717, 1.165) is 17.7 Å². The Bertz CT molecular complexity index is 898. The van der Waals surface area contributed by atoms with Crippen LogP contribution in [0.3, 0.4) is 0 Å². The van der Waals surface area contributed by atoms with Gasteiger partial charge in [0.05, 0.1) is 13.2 Å². The number of carbonyl (C=O) groups excluding carboxylic acids is 2. The molecular formula is C23H27N3O3. The van der Waals surface area contributed by atoms with Crippen LogP contribution in [0.4, 0.5) is 0 Å². The van der Waals surface area contributed by atoms with E-state index in [2.05, 4.69) is 22.8 Å². The number of rotatable bonds is 5. The van der Waals surface area contributed by atoms with Crippen molar-refractivity contribution in [3.63, 3.8) is 0 Å². The second-order valence-corrected chi connectivity index (χ2v) is 7.63. The highest BCUT2D eigenvalue weighted by molar-refractivity contribution is 5.90. The van der Waals surface area contributed by atoms with Crippen LogP contribution in [0.2, 0.25) is 0 Å². The minimum Gasteiger partial charge on any atom is -0.496 e. The number of hydrogen-bond acceptors (Lipinski definition) is 4. The molecule has 2 unspecified atom stereocenters. The van der Waals surface area contributed by atoms with Gasteiger partial charge in [-0.1, -0.05) is 42.5 Å². The average Bonchev–Trinajstić information content (AvgIpc) is 3.27. The number of benzene rings is 2. The summed E-state index contributed by atoms with van der Waals surface area (Å²) in [4.78, 5) is 27.8. The van der Waals surface area contributed by atoms with Crippen molar-refractivity contribution in [3.8, 4) is 5.75 Å². The molecule has 1 fully saturated rings. The highest BCUT2D eigenvalue weighted by Gasteiger charge is 2.37. The van der Waals surface area contributed by atoms with Crippen LogP contribution in [-0.2, 0) is 29.1 Å². The predicted octanol–water partition coefficient (Wildman–Crippen LogP) is 2.02. The Morgan fingerprint density at radius 1 is 1.14 bits per heavy atom. The number of likely N-dealkylation sites (tertiary alicyclic amines) is 1. The van der Waals surface area contributed by atoms with Crippen molar-refractivity contribution in [2.45, 2.75) is 44.4 Å². The van der Waals surface area contributed by atoms with Crippen molar-refractivity contribution >= 4 is 11.8 Å². The van der Waals surface area contributed by atoms with Crippen molar-refractivity contribution in [1.29, 1.82) is 0 Å². The standard InChI is InChI=1S/C23H27N3O3/c1-29-21-11-5-4-9-18(21)15-25-22(27)20-10-6-12-26(20)23(28)19-13-16-7-2-3-8-17(16)14-24-19/h2-5,7-9,11,19-20,24H,6,10,12-15H2,1H3,(H,25,27). The number of methoxy groups -OCH3 is 1. The molecule has 0 radical (unpaired) electrons. The molecule has 2 aromatic carbocycles. The van der Waals surface area contributed by atoms with E-state index in [9.17, 15) is 9.59 Å². The highest BCUT2D eigenvalue weighted by atomic mass is 16.5. The van der Waals surface area contributed by atoms with Gasteiger partial charge in [-0.25, -0.2) is 0 Å². The molecule has 1 saturated heterocycles. The number of carbonyl (C=O) groups is 2. The van der Waals surface area contributed by atoms with Crippen LogP contribution in [0.5, 0.6) is 5.75 Å². The van der Waals surface area contributed by atoms with E-state index in [1.54, 1.807) is 12.0 Å². The summed E-state index contributed by atoms with van der Waals surface area (Å²) >= 11 is 0. The Kier molecular flexibility index (Phi) is 5.81. The summed E-state index contributed by atoms with van der Waals surface area (Å²) in [5.74, 6) is 0.671. The van der Waals surface area contributed by atoms with Gasteiger partial charge in [-0.15, -0.1) is 0 Å². The summed E-state index contributed by atoms with van der Waals surface area (Å²) in [5, 5.41) is 6.33. The first-order chi connectivity index (χ1) is 14.2. The van der Waals surface area contributed by atoms with Crippen LogP contribution in [0.25, 0.3) is 0 Å². The summed E-state index contributed by atoms with van der Waals surface area (Å²) < 4.78 is 5.35. The summed E-state index contributed by atoms with van der Waals surface area (Å²) in [6.07, 6.45) is 2.22. The van der Waals surface area contributed by atoms with Crippen LogP contribution in [0, 0.1) is 0 Å². The zero-order valence-corrected chi connectivity index (χ0v) is 16.7. The smallest absolute Gasteiger partial charge is 0.243 e. The molecule has 2 amide bonds. The van der Waals surface area contributed by atoms with E-state index in [1.807, 2.05) is 36.4 Å². The summed E-state index contributed by atoms with van der Waals surface area (Å²) in [5.41, 5.74) is 3.37. The van der Waals surface area contributed by atoms with Gasteiger partial charge in [0, 0.05) is 25.2 Å². The van der Waals surface area contributed by atoms with Crippen LogP contribution >= 0.6 is 0 Å². The number of nitrogens with one attached hydrogen (secondary N) is 2. The number of nitrogens with zero attached hydrogens (tertiary/aromatic N) is 1. The molecule has 2 aliphatic heterocycles. The minimum atomic E-state index is -0.406.